The summed E-state index contributed by atoms with van der Waals surface area (Å²) >= 11 is 2.18. The van der Waals surface area contributed by atoms with Gasteiger partial charge in [0.2, 0.25) is 0 Å². The molecule has 2 saturated heterocycles. The van der Waals surface area contributed by atoms with E-state index in [2.05, 4.69) is 44.4 Å². The van der Waals surface area contributed by atoms with Gasteiger partial charge in [0.15, 0.2) is 15.7 Å². The van der Waals surface area contributed by atoms with Gasteiger partial charge in [-0.15, -0.1) is 0 Å². The van der Waals surface area contributed by atoms with Gasteiger partial charge in [0.25, 0.3) is 0 Å². The lowest BCUT2D eigenvalue weighted by atomic mass is 10.1. The van der Waals surface area contributed by atoms with Gasteiger partial charge in [0.1, 0.15) is 20.4 Å². The van der Waals surface area contributed by atoms with Crippen molar-refractivity contribution >= 4 is 49.3 Å². The first-order chi connectivity index (χ1) is 14.4. The van der Waals surface area contributed by atoms with Crippen LogP contribution in [0.4, 0.5) is 5.82 Å². The lowest BCUT2D eigenvalue weighted by Gasteiger charge is -2.34. The molecule has 5 rings (SSSR count). The number of pyridine rings is 1. The molecular formula is C20H22IN5O3S. The number of anilines is 1. The standard InChI is InChI=1S/C20H22IN5O3S/c1-12-11-29-7-6-26(12)18-10-15(16-3-2-8-30(16,27)28)23-20(25-18)14-9-17(21)24-19-13(14)4-5-22-19/h4-5,9-10,12,16H,2-3,6-8,11H2,1H3,(H,22,24)/t12-,16-/m1/s1. The Morgan fingerprint density at radius 1 is 1.27 bits per heavy atom. The Hall–Kier alpha value is -1.79. The average molecular weight is 539 g/mol. The third-order valence-corrected chi connectivity index (χ3v) is 8.55. The second kappa shape index (κ2) is 7.72. The highest BCUT2D eigenvalue weighted by Gasteiger charge is 2.35. The number of H-pyrrole nitrogens is 1. The summed E-state index contributed by atoms with van der Waals surface area (Å²) in [5, 5.41) is 0.347. The first kappa shape index (κ1) is 20.1. The second-order valence-electron chi connectivity index (χ2n) is 7.82. The molecule has 0 amide bonds. The summed E-state index contributed by atoms with van der Waals surface area (Å²) in [5.41, 5.74) is 2.20. The monoisotopic (exact) mass is 539 g/mol. The summed E-state index contributed by atoms with van der Waals surface area (Å²) in [5.74, 6) is 1.51. The maximum absolute atomic E-state index is 12.7. The summed E-state index contributed by atoms with van der Waals surface area (Å²) < 4.78 is 31.8. The number of halogens is 1. The van der Waals surface area contributed by atoms with Crippen LogP contribution < -0.4 is 4.90 Å². The van der Waals surface area contributed by atoms with Crippen molar-refractivity contribution in [1.82, 2.24) is 19.9 Å². The van der Waals surface area contributed by atoms with Crippen molar-refractivity contribution in [3.05, 3.63) is 33.8 Å². The van der Waals surface area contributed by atoms with Gasteiger partial charge in [0, 0.05) is 29.8 Å². The second-order valence-corrected chi connectivity index (χ2v) is 11.2. The minimum atomic E-state index is -3.19. The third-order valence-electron chi connectivity index (χ3n) is 5.79. The van der Waals surface area contributed by atoms with Crippen LogP contribution in [0.2, 0.25) is 0 Å². The SMILES string of the molecule is C[C@@H]1COCCN1c1cc([C@H]2CCCS2(=O)=O)nc(-c2cc(I)nc3[nH]ccc23)n1. The molecule has 0 radical (unpaired) electrons. The van der Waals surface area contributed by atoms with E-state index in [1.165, 1.54) is 0 Å². The van der Waals surface area contributed by atoms with Gasteiger partial charge >= 0.3 is 0 Å². The minimum absolute atomic E-state index is 0.152. The highest BCUT2D eigenvalue weighted by atomic mass is 127. The molecule has 10 heteroatoms. The smallest absolute Gasteiger partial charge is 0.162 e. The maximum atomic E-state index is 12.7. The molecule has 2 atom stereocenters. The predicted octanol–water partition coefficient (Wildman–Crippen LogP) is 3.10. The van der Waals surface area contributed by atoms with E-state index in [4.69, 9.17) is 14.7 Å². The zero-order valence-corrected chi connectivity index (χ0v) is 19.5. The van der Waals surface area contributed by atoms with E-state index in [0.717, 1.165) is 26.1 Å². The van der Waals surface area contributed by atoms with E-state index in [1.807, 2.05) is 24.4 Å². The van der Waals surface area contributed by atoms with Crippen LogP contribution in [0, 0.1) is 3.70 Å². The van der Waals surface area contributed by atoms with Gasteiger partial charge in [-0.25, -0.2) is 23.4 Å². The Morgan fingerprint density at radius 3 is 2.90 bits per heavy atom. The molecule has 158 valence electrons. The van der Waals surface area contributed by atoms with Crippen molar-refractivity contribution in [3.63, 3.8) is 0 Å². The molecule has 0 saturated carbocycles. The number of sulfone groups is 1. The summed E-state index contributed by atoms with van der Waals surface area (Å²) in [6.45, 7) is 4.04. The molecule has 0 unspecified atom stereocenters. The first-order valence-electron chi connectivity index (χ1n) is 10.0. The van der Waals surface area contributed by atoms with E-state index in [1.54, 1.807) is 0 Å². The molecule has 3 aromatic heterocycles. The quantitative estimate of drug-likeness (QED) is 0.403. The molecule has 1 N–H and O–H groups in total. The summed E-state index contributed by atoms with van der Waals surface area (Å²) in [7, 11) is -3.19. The molecule has 8 nitrogen and oxygen atoms in total. The van der Waals surface area contributed by atoms with Crippen LogP contribution in [-0.2, 0) is 14.6 Å². The molecule has 2 aliphatic rings. The average Bonchev–Trinajstić information content (AvgIpc) is 3.32. The van der Waals surface area contributed by atoms with Crippen LogP contribution in [-0.4, -0.2) is 59.9 Å². The molecule has 0 bridgehead atoms. The van der Waals surface area contributed by atoms with E-state index in [9.17, 15) is 8.42 Å². The third kappa shape index (κ3) is 3.58. The lowest BCUT2D eigenvalue weighted by Crippen LogP contribution is -2.44. The number of aromatic nitrogens is 4. The van der Waals surface area contributed by atoms with E-state index in [0.29, 0.717) is 44.1 Å². The molecular weight excluding hydrogens is 517 g/mol. The van der Waals surface area contributed by atoms with E-state index >= 15 is 0 Å². The van der Waals surface area contributed by atoms with Crippen LogP contribution in [0.15, 0.2) is 24.4 Å². The van der Waals surface area contributed by atoms with Crippen LogP contribution in [0.1, 0.15) is 30.7 Å². The highest BCUT2D eigenvalue weighted by Crippen LogP contribution is 2.37. The number of ether oxygens (including phenoxy) is 1. The summed E-state index contributed by atoms with van der Waals surface area (Å²) in [6.07, 6.45) is 3.11. The molecule has 30 heavy (non-hydrogen) atoms. The fourth-order valence-electron chi connectivity index (χ4n) is 4.27. The number of rotatable bonds is 3. The number of fused-ring (bicyclic) bond motifs is 1. The Kier molecular flexibility index (Phi) is 5.18. The Balaban J connectivity index is 1.71. The Morgan fingerprint density at radius 2 is 2.13 bits per heavy atom. The van der Waals surface area contributed by atoms with Gasteiger partial charge in [-0.05, 0) is 54.5 Å². The Labute approximate surface area is 188 Å². The van der Waals surface area contributed by atoms with Gasteiger partial charge in [0.05, 0.1) is 30.7 Å². The number of morpholine rings is 1. The zero-order valence-electron chi connectivity index (χ0n) is 16.5. The van der Waals surface area contributed by atoms with E-state index in [-0.39, 0.29) is 11.8 Å². The Bertz CT molecular complexity index is 1210. The minimum Gasteiger partial charge on any atom is -0.377 e. The number of hydrogen-bond donors (Lipinski definition) is 1. The van der Waals surface area contributed by atoms with Gasteiger partial charge in [-0.2, -0.15) is 0 Å². The topological polar surface area (TPSA) is 101 Å². The van der Waals surface area contributed by atoms with Gasteiger partial charge < -0.3 is 14.6 Å². The van der Waals surface area contributed by atoms with Crippen LogP contribution in [0.25, 0.3) is 22.4 Å². The van der Waals surface area contributed by atoms with Crippen LogP contribution in [0.3, 0.4) is 0 Å². The number of nitrogens with zero attached hydrogens (tertiary/aromatic N) is 4. The van der Waals surface area contributed by atoms with Crippen molar-refractivity contribution in [3.8, 4) is 11.4 Å². The lowest BCUT2D eigenvalue weighted by molar-refractivity contribution is 0.0985. The highest BCUT2D eigenvalue weighted by molar-refractivity contribution is 14.1. The number of aromatic amines is 1. The zero-order chi connectivity index (χ0) is 20.9. The number of hydrogen-bond acceptors (Lipinski definition) is 7. The number of nitrogens with one attached hydrogen (secondary N) is 1. The van der Waals surface area contributed by atoms with Crippen molar-refractivity contribution in [1.29, 1.82) is 0 Å². The molecule has 0 aromatic carbocycles. The molecule has 5 heterocycles. The largest absolute Gasteiger partial charge is 0.377 e. The predicted molar refractivity (Wildman–Crippen MR) is 123 cm³/mol. The van der Waals surface area contributed by atoms with Crippen LogP contribution >= 0.6 is 22.6 Å². The fourth-order valence-corrected chi connectivity index (χ4v) is 6.69. The van der Waals surface area contributed by atoms with Gasteiger partial charge in [-0.3, -0.25) is 0 Å². The first-order valence-corrected chi connectivity index (χ1v) is 12.8. The molecule has 2 aliphatic heterocycles. The molecule has 2 fully saturated rings. The fraction of sp³-hybridized carbons (Fsp3) is 0.450. The van der Waals surface area contributed by atoms with E-state index < -0.39 is 15.1 Å². The van der Waals surface area contributed by atoms with Crippen molar-refractivity contribution in [2.45, 2.75) is 31.1 Å². The molecule has 3 aromatic rings. The normalized spacial score (nSPS) is 23.9. The summed E-state index contributed by atoms with van der Waals surface area (Å²) in [6, 6.07) is 5.91. The van der Waals surface area contributed by atoms with Crippen molar-refractivity contribution < 1.29 is 13.2 Å². The molecule has 0 spiro atoms. The van der Waals surface area contributed by atoms with Crippen molar-refractivity contribution in [2.75, 3.05) is 30.4 Å². The summed E-state index contributed by atoms with van der Waals surface area (Å²) in [4.78, 5) is 19.5. The molecule has 0 aliphatic carbocycles. The van der Waals surface area contributed by atoms with Crippen LogP contribution in [0.5, 0.6) is 0 Å². The van der Waals surface area contributed by atoms with Gasteiger partial charge in [-0.1, -0.05) is 0 Å². The maximum Gasteiger partial charge on any atom is 0.162 e. The van der Waals surface area contributed by atoms with Crippen molar-refractivity contribution in [2.24, 2.45) is 0 Å².